The van der Waals surface area contributed by atoms with Gasteiger partial charge < -0.3 is 25.2 Å². The van der Waals surface area contributed by atoms with Gasteiger partial charge in [0.15, 0.2) is 6.10 Å². The highest BCUT2D eigenvalue weighted by Gasteiger charge is 2.44. The standard InChI is InChI=1S/C7H12O6/c1-2-3(8)4(9)5(10)6(13-2)7(11)12/h2-6,8-10H,1H3,(H,11,12)/t2?,3-,4+,5-,6?/m0/s1. The Labute approximate surface area is 74.4 Å². The van der Waals surface area contributed by atoms with Crippen molar-refractivity contribution in [1.29, 1.82) is 0 Å². The number of carbonyl (C=O) groups is 1. The second-order valence-electron chi connectivity index (χ2n) is 3.07. The van der Waals surface area contributed by atoms with Crippen molar-refractivity contribution in [3.8, 4) is 0 Å². The van der Waals surface area contributed by atoms with Crippen LogP contribution in [0.3, 0.4) is 0 Å². The molecule has 0 spiro atoms. The van der Waals surface area contributed by atoms with Gasteiger partial charge in [0.2, 0.25) is 0 Å². The molecule has 0 aromatic carbocycles. The normalized spacial score (nSPS) is 46.0. The molecule has 13 heavy (non-hydrogen) atoms. The molecule has 1 aliphatic rings. The van der Waals surface area contributed by atoms with Crippen LogP contribution in [0.2, 0.25) is 0 Å². The topological polar surface area (TPSA) is 107 Å². The minimum absolute atomic E-state index is 0.806. The first-order chi connectivity index (χ1) is 5.95. The summed E-state index contributed by atoms with van der Waals surface area (Å²) in [5.74, 6) is -1.36. The van der Waals surface area contributed by atoms with Crippen molar-refractivity contribution in [3.05, 3.63) is 0 Å². The first kappa shape index (κ1) is 10.4. The third-order valence-electron chi connectivity index (χ3n) is 2.10. The molecular weight excluding hydrogens is 180 g/mol. The molecule has 1 fully saturated rings. The highest BCUT2D eigenvalue weighted by Crippen LogP contribution is 2.20. The van der Waals surface area contributed by atoms with Gasteiger partial charge in [0.05, 0.1) is 6.10 Å². The fourth-order valence-electron chi connectivity index (χ4n) is 1.26. The maximum atomic E-state index is 10.5. The number of rotatable bonds is 1. The maximum Gasteiger partial charge on any atom is 0.335 e. The monoisotopic (exact) mass is 192 g/mol. The van der Waals surface area contributed by atoms with E-state index in [0.717, 1.165) is 0 Å². The van der Waals surface area contributed by atoms with E-state index in [1.54, 1.807) is 0 Å². The van der Waals surface area contributed by atoms with Crippen LogP contribution in [0.4, 0.5) is 0 Å². The fourth-order valence-corrected chi connectivity index (χ4v) is 1.26. The zero-order valence-electron chi connectivity index (χ0n) is 6.99. The molecule has 1 heterocycles. The number of carboxylic acids is 1. The van der Waals surface area contributed by atoms with Crippen LogP contribution >= 0.6 is 0 Å². The first-order valence-corrected chi connectivity index (χ1v) is 3.87. The number of aliphatic carboxylic acids is 1. The zero-order valence-corrected chi connectivity index (χ0v) is 6.99. The van der Waals surface area contributed by atoms with Gasteiger partial charge in [0.25, 0.3) is 0 Å². The number of aliphatic hydroxyl groups is 3. The lowest BCUT2D eigenvalue weighted by atomic mass is 9.96. The SMILES string of the molecule is CC1OC(C(=O)O)[C@@H](O)[C@H](O)[C@H]1O. The van der Waals surface area contributed by atoms with Crippen LogP contribution in [-0.4, -0.2) is 56.9 Å². The molecule has 6 nitrogen and oxygen atoms in total. The molecule has 1 saturated heterocycles. The van der Waals surface area contributed by atoms with E-state index in [1.165, 1.54) is 6.92 Å². The highest BCUT2D eigenvalue weighted by atomic mass is 16.6. The maximum absolute atomic E-state index is 10.5. The summed E-state index contributed by atoms with van der Waals surface area (Å²) in [4.78, 5) is 10.5. The van der Waals surface area contributed by atoms with E-state index in [-0.39, 0.29) is 0 Å². The Morgan fingerprint density at radius 2 is 1.69 bits per heavy atom. The molecule has 5 atom stereocenters. The van der Waals surface area contributed by atoms with Crippen LogP contribution in [-0.2, 0) is 9.53 Å². The van der Waals surface area contributed by atoms with E-state index in [9.17, 15) is 20.1 Å². The molecule has 4 N–H and O–H groups in total. The average Bonchev–Trinajstić information content (AvgIpc) is 2.07. The molecule has 1 aliphatic heterocycles. The number of ether oxygens (including phenoxy) is 1. The summed E-state index contributed by atoms with van der Waals surface area (Å²) in [6.45, 7) is 1.43. The van der Waals surface area contributed by atoms with Crippen molar-refractivity contribution in [2.45, 2.75) is 37.4 Å². The Morgan fingerprint density at radius 3 is 2.15 bits per heavy atom. The minimum atomic E-state index is -1.59. The lowest BCUT2D eigenvalue weighted by Gasteiger charge is -2.37. The first-order valence-electron chi connectivity index (χ1n) is 3.87. The molecule has 0 radical (unpaired) electrons. The van der Waals surface area contributed by atoms with Gasteiger partial charge in [-0.25, -0.2) is 4.79 Å². The lowest BCUT2D eigenvalue weighted by Crippen LogP contribution is -2.58. The second kappa shape index (κ2) is 3.59. The average molecular weight is 192 g/mol. The van der Waals surface area contributed by atoms with E-state index in [1.807, 2.05) is 0 Å². The third kappa shape index (κ3) is 1.80. The molecule has 0 aromatic rings. The van der Waals surface area contributed by atoms with Gasteiger partial charge in [-0.3, -0.25) is 0 Å². The number of hydrogen-bond acceptors (Lipinski definition) is 5. The van der Waals surface area contributed by atoms with E-state index in [2.05, 4.69) is 0 Å². The van der Waals surface area contributed by atoms with Crippen LogP contribution in [0.15, 0.2) is 0 Å². The van der Waals surface area contributed by atoms with Gasteiger partial charge in [-0.2, -0.15) is 0 Å². The molecular formula is C7H12O6. The lowest BCUT2D eigenvalue weighted by molar-refractivity contribution is -0.223. The molecule has 0 saturated carbocycles. The third-order valence-corrected chi connectivity index (χ3v) is 2.10. The van der Waals surface area contributed by atoms with Crippen LogP contribution < -0.4 is 0 Å². The molecule has 0 aromatic heterocycles. The van der Waals surface area contributed by atoms with Gasteiger partial charge in [-0.05, 0) is 6.92 Å². The Kier molecular flexibility index (Phi) is 2.87. The fraction of sp³-hybridized carbons (Fsp3) is 0.857. The van der Waals surface area contributed by atoms with Crippen molar-refractivity contribution >= 4 is 5.97 Å². The predicted octanol–water partition coefficient (Wildman–Crippen LogP) is -2.06. The second-order valence-corrected chi connectivity index (χ2v) is 3.07. The van der Waals surface area contributed by atoms with Gasteiger partial charge in [-0.15, -0.1) is 0 Å². The number of hydrogen-bond donors (Lipinski definition) is 4. The summed E-state index contributed by atoms with van der Waals surface area (Å²) >= 11 is 0. The largest absolute Gasteiger partial charge is 0.479 e. The van der Waals surface area contributed by atoms with Gasteiger partial charge in [-0.1, -0.05) is 0 Å². The Bertz CT molecular complexity index is 205. The van der Waals surface area contributed by atoms with E-state index >= 15 is 0 Å². The van der Waals surface area contributed by atoms with E-state index in [0.29, 0.717) is 0 Å². The van der Waals surface area contributed by atoms with E-state index in [4.69, 9.17) is 9.84 Å². The van der Waals surface area contributed by atoms with Gasteiger partial charge in [0, 0.05) is 0 Å². The van der Waals surface area contributed by atoms with Crippen LogP contribution in [0.25, 0.3) is 0 Å². The summed E-state index contributed by atoms with van der Waals surface area (Å²) in [6, 6.07) is 0. The molecule has 1 rings (SSSR count). The number of aliphatic hydroxyl groups excluding tert-OH is 3. The quantitative estimate of drug-likeness (QED) is 0.380. The van der Waals surface area contributed by atoms with Crippen molar-refractivity contribution < 1.29 is 30.0 Å². The molecule has 2 unspecified atom stereocenters. The molecule has 0 amide bonds. The predicted molar refractivity (Wildman–Crippen MR) is 40.0 cm³/mol. The summed E-state index contributed by atoms with van der Waals surface area (Å²) in [5.41, 5.74) is 0. The summed E-state index contributed by atoms with van der Waals surface area (Å²) in [5, 5.41) is 36.1. The molecule has 76 valence electrons. The van der Waals surface area contributed by atoms with Crippen molar-refractivity contribution in [2.24, 2.45) is 0 Å². The van der Waals surface area contributed by atoms with Gasteiger partial charge in [0.1, 0.15) is 18.3 Å². The Balaban J connectivity index is 2.76. The highest BCUT2D eigenvalue weighted by molar-refractivity contribution is 5.73. The Hall–Kier alpha value is -0.690. The molecule has 6 heteroatoms. The van der Waals surface area contributed by atoms with E-state index < -0.39 is 36.5 Å². The molecule has 0 bridgehead atoms. The molecule has 0 aliphatic carbocycles. The van der Waals surface area contributed by atoms with Gasteiger partial charge >= 0.3 is 5.97 Å². The van der Waals surface area contributed by atoms with Crippen molar-refractivity contribution in [3.63, 3.8) is 0 Å². The zero-order chi connectivity index (χ0) is 10.2. The Morgan fingerprint density at radius 1 is 1.15 bits per heavy atom. The summed E-state index contributed by atoms with van der Waals surface area (Å²) in [6.07, 6.45) is -6.62. The van der Waals surface area contributed by atoms with Crippen LogP contribution in [0, 0.1) is 0 Å². The van der Waals surface area contributed by atoms with Crippen molar-refractivity contribution in [1.82, 2.24) is 0 Å². The minimum Gasteiger partial charge on any atom is -0.479 e. The smallest absolute Gasteiger partial charge is 0.335 e. The summed E-state index contributed by atoms with van der Waals surface area (Å²) in [7, 11) is 0. The van der Waals surface area contributed by atoms with Crippen LogP contribution in [0.1, 0.15) is 6.92 Å². The van der Waals surface area contributed by atoms with Crippen molar-refractivity contribution in [2.75, 3.05) is 0 Å². The summed E-state index contributed by atoms with van der Waals surface area (Å²) < 4.78 is 4.78. The van der Waals surface area contributed by atoms with Crippen LogP contribution in [0.5, 0.6) is 0 Å². The number of carboxylic acid groups (broad SMARTS) is 1.